The number of carbonyl (C=O) groups excluding carboxylic acids is 1. The maximum Gasteiger partial charge on any atom is 0.269 e. The molecule has 0 radical (unpaired) electrons. The van der Waals surface area contributed by atoms with Gasteiger partial charge >= 0.3 is 0 Å². The molecule has 108 valence electrons. The zero-order chi connectivity index (χ0) is 15.2. The van der Waals surface area contributed by atoms with Crippen molar-refractivity contribution < 1.29 is 9.72 Å². The van der Waals surface area contributed by atoms with Gasteiger partial charge in [0.05, 0.1) is 4.92 Å². The van der Waals surface area contributed by atoms with Gasteiger partial charge in [0, 0.05) is 41.4 Å². The van der Waals surface area contributed by atoms with E-state index in [1.54, 1.807) is 36.4 Å². The Labute approximate surface area is 126 Å². The number of ketones is 1. The summed E-state index contributed by atoms with van der Waals surface area (Å²) in [5.41, 5.74) is 1.40. The molecule has 0 saturated heterocycles. The Morgan fingerprint density at radius 2 is 1.71 bits per heavy atom. The topological polar surface area (TPSA) is 72.2 Å². The monoisotopic (exact) mass is 304 g/mol. The summed E-state index contributed by atoms with van der Waals surface area (Å²) in [5.74, 6) is 0.0149. The molecule has 0 aliphatic carbocycles. The third-order valence-corrected chi connectivity index (χ3v) is 3.18. The van der Waals surface area contributed by atoms with Crippen LogP contribution in [0.15, 0.2) is 48.5 Å². The summed E-state index contributed by atoms with van der Waals surface area (Å²) in [6, 6.07) is 12.8. The molecule has 1 N–H and O–H groups in total. The summed E-state index contributed by atoms with van der Waals surface area (Å²) in [6.45, 7) is 0.458. The van der Waals surface area contributed by atoms with Crippen LogP contribution in [0.2, 0.25) is 5.02 Å². The maximum absolute atomic E-state index is 11.9. The Balaban J connectivity index is 1.85. The zero-order valence-corrected chi connectivity index (χ0v) is 11.8. The quantitative estimate of drug-likeness (QED) is 0.498. The van der Waals surface area contributed by atoms with Gasteiger partial charge in [-0.2, -0.15) is 0 Å². The smallest absolute Gasteiger partial charge is 0.269 e. The van der Waals surface area contributed by atoms with E-state index in [2.05, 4.69) is 5.32 Å². The molecule has 0 spiro atoms. The van der Waals surface area contributed by atoms with Gasteiger partial charge in [0.15, 0.2) is 5.78 Å². The van der Waals surface area contributed by atoms with Crippen LogP contribution in [0.4, 0.5) is 11.4 Å². The number of nitro groups is 1. The fourth-order valence-electron chi connectivity index (χ4n) is 1.80. The van der Waals surface area contributed by atoms with Gasteiger partial charge in [-0.3, -0.25) is 14.9 Å². The molecule has 0 saturated carbocycles. The predicted octanol–water partition coefficient (Wildman–Crippen LogP) is 3.93. The van der Waals surface area contributed by atoms with Gasteiger partial charge in [0.2, 0.25) is 0 Å². The fraction of sp³-hybridized carbons (Fsp3) is 0.133. The van der Waals surface area contributed by atoms with E-state index < -0.39 is 4.92 Å². The molecule has 0 heterocycles. The van der Waals surface area contributed by atoms with Crippen LogP contribution >= 0.6 is 11.6 Å². The Morgan fingerprint density at radius 1 is 1.10 bits per heavy atom. The minimum Gasteiger partial charge on any atom is -0.385 e. The number of nitro benzene ring substituents is 1. The molecule has 2 rings (SSSR count). The molecule has 0 fully saturated rings. The van der Waals surface area contributed by atoms with Gasteiger partial charge in [-0.05, 0) is 36.4 Å². The summed E-state index contributed by atoms with van der Waals surface area (Å²) < 4.78 is 0. The highest BCUT2D eigenvalue weighted by Gasteiger charge is 2.06. The van der Waals surface area contributed by atoms with Crippen molar-refractivity contribution in [3.8, 4) is 0 Å². The van der Waals surface area contributed by atoms with Crippen molar-refractivity contribution in [2.45, 2.75) is 6.42 Å². The molecular weight excluding hydrogens is 292 g/mol. The minimum atomic E-state index is -0.451. The van der Waals surface area contributed by atoms with Crippen molar-refractivity contribution in [1.29, 1.82) is 0 Å². The van der Waals surface area contributed by atoms with E-state index in [0.29, 0.717) is 23.6 Å². The lowest BCUT2D eigenvalue weighted by Gasteiger charge is -2.06. The van der Waals surface area contributed by atoms with Crippen LogP contribution in [0.3, 0.4) is 0 Å². The van der Waals surface area contributed by atoms with Crippen LogP contribution in [-0.2, 0) is 0 Å². The molecule has 0 atom stereocenters. The molecule has 0 unspecified atom stereocenters. The summed E-state index contributed by atoms with van der Waals surface area (Å²) in [5, 5.41) is 14.2. The van der Waals surface area contributed by atoms with Crippen molar-refractivity contribution in [3.05, 3.63) is 69.2 Å². The van der Waals surface area contributed by atoms with Gasteiger partial charge in [-0.15, -0.1) is 0 Å². The number of nitrogens with zero attached hydrogens (tertiary/aromatic N) is 1. The lowest BCUT2D eigenvalue weighted by molar-refractivity contribution is -0.384. The fourth-order valence-corrected chi connectivity index (χ4v) is 1.93. The minimum absolute atomic E-state index is 0.0149. The third kappa shape index (κ3) is 4.29. The van der Waals surface area contributed by atoms with Crippen molar-refractivity contribution in [2.75, 3.05) is 11.9 Å². The third-order valence-electron chi connectivity index (χ3n) is 2.93. The molecule has 6 heteroatoms. The SMILES string of the molecule is O=C(CCNc1ccc([N+](=O)[O-])cc1)c1ccc(Cl)cc1. The number of non-ortho nitro benzene ring substituents is 1. The highest BCUT2D eigenvalue weighted by Crippen LogP contribution is 2.16. The Morgan fingerprint density at radius 3 is 2.29 bits per heavy atom. The number of Topliss-reactive ketones (excluding diaryl/α,β-unsaturated/α-hetero) is 1. The molecule has 5 nitrogen and oxygen atoms in total. The number of hydrogen-bond acceptors (Lipinski definition) is 4. The van der Waals surface area contributed by atoms with Crippen molar-refractivity contribution in [1.82, 2.24) is 0 Å². The van der Waals surface area contributed by atoms with E-state index in [9.17, 15) is 14.9 Å². The normalized spacial score (nSPS) is 10.1. The molecule has 2 aromatic rings. The molecule has 2 aromatic carbocycles. The van der Waals surface area contributed by atoms with Crippen LogP contribution in [0.5, 0.6) is 0 Å². The largest absolute Gasteiger partial charge is 0.385 e. The standard InChI is InChI=1S/C15H13ClN2O3/c16-12-3-1-11(2-4-12)15(19)9-10-17-13-5-7-14(8-6-13)18(20)21/h1-8,17H,9-10H2. The summed E-state index contributed by atoms with van der Waals surface area (Å²) in [6.07, 6.45) is 0.332. The number of anilines is 1. The molecule has 0 bridgehead atoms. The van der Waals surface area contributed by atoms with Crippen LogP contribution in [0.1, 0.15) is 16.8 Å². The second-order valence-electron chi connectivity index (χ2n) is 4.41. The van der Waals surface area contributed by atoms with Crippen molar-refractivity contribution in [3.63, 3.8) is 0 Å². The molecule has 0 aromatic heterocycles. The van der Waals surface area contributed by atoms with Crippen molar-refractivity contribution in [2.24, 2.45) is 0 Å². The molecule has 0 aliphatic heterocycles. The first-order valence-electron chi connectivity index (χ1n) is 6.33. The molecule has 0 aliphatic rings. The number of rotatable bonds is 6. The predicted molar refractivity (Wildman–Crippen MR) is 82.0 cm³/mol. The first kappa shape index (κ1) is 15.0. The van der Waals surface area contributed by atoms with E-state index in [4.69, 9.17) is 11.6 Å². The zero-order valence-electron chi connectivity index (χ0n) is 11.1. The van der Waals surface area contributed by atoms with Crippen molar-refractivity contribution >= 4 is 28.8 Å². The lowest BCUT2D eigenvalue weighted by atomic mass is 10.1. The van der Waals surface area contributed by atoms with Crippen LogP contribution in [0, 0.1) is 10.1 Å². The summed E-state index contributed by atoms with van der Waals surface area (Å²) in [7, 11) is 0. The number of halogens is 1. The average Bonchev–Trinajstić information content (AvgIpc) is 2.48. The number of carbonyl (C=O) groups is 1. The number of benzene rings is 2. The average molecular weight is 305 g/mol. The Hall–Kier alpha value is -2.40. The van der Waals surface area contributed by atoms with Gasteiger partial charge in [0.25, 0.3) is 5.69 Å². The Kier molecular flexibility index (Phi) is 4.90. The van der Waals surface area contributed by atoms with Crippen LogP contribution < -0.4 is 5.32 Å². The van der Waals surface area contributed by atoms with Gasteiger partial charge in [0.1, 0.15) is 0 Å². The van der Waals surface area contributed by atoms with Gasteiger partial charge in [-0.1, -0.05) is 11.6 Å². The second-order valence-corrected chi connectivity index (χ2v) is 4.85. The van der Waals surface area contributed by atoms with Gasteiger partial charge in [-0.25, -0.2) is 0 Å². The highest BCUT2D eigenvalue weighted by molar-refractivity contribution is 6.30. The highest BCUT2D eigenvalue weighted by atomic mass is 35.5. The summed E-state index contributed by atoms with van der Waals surface area (Å²) >= 11 is 5.76. The Bertz CT molecular complexity index is 639. The van der Waals surface area contributed by atoms with E-state index in [1.165, 1.54) is 12.1 Å². The van der Waals surface area contributed by atoms with Gasteiger partial charge < -0.3 is 5.32 Å². The number of hydrogen-bond donors (Lipinski definition) is 1. The molecular formula is C15H13ClN2O3. The van der Waals surface area contributed by atoms with E-state index in [1.807, 2.05) is 0 Å². The van der Waals surface area contributed by atoms with Crippen LogP contribution in [-0.4, -0.2) is 17.3 Å². The lowest BCUT2D eigenvalue weighted by Crippen LogP contribution is -2.08. The van der Waals surface area contributed by atoms with E-state index >= 15 is 0 Å². The maximum atomic E-state index is 11.9. The molecule has 21 heavy (non-hydrogen) atoms. The van der Waals surface area contributed by atoms with E-state index in [0.717, 1.165) is 5.69 Å². The number of nitrogens with one attached hydrogen (secondary N) is 1. The second kappa shape index (κ2) is 6.85. The summed E-state index contributed by atoms with van der Waals surface area (Å²) in [4.78, 5) is 22.0. The van der Waals surface area contributed by atoms with Crippen LogP contribution in [0.25, 0.3) is 0 Å². The first-order chi connectivity index (χ1) is 10.1. The molecule has 0 amide bonds. The van der Waals surface area contributed by atoms with E-state index in [-0.39, 0.29) is 11.5 Å². The first-order valence-corrected chi connectivity index (χ1v) is 6.71.